The second kappa shape index (κ2) is 7.34. The van der Waals surface area contributed by atoms with Gasteiger partial charge in [0.2, 0.25) is 0 Å². The molecule has 0 saturated carbocycles. The maximum Gasteiger partial charge on any atom is 0.412 e. The molecule has 1 aromatic heterocycles. The highest BCUT2D eigenvalue weighted by Gasteiger charge is 2.19. The van der Waals surface area contributed by atoms with Gasteiger partial charge in [0, 0.05) is 10.9 Å². The van der Waals surface area contributed by atoms with Crippen LogP contribution in [0.3, 0.4) is 0 Å². The van der Waals surface area contributed by atoms with Crippen LogP contribution in [0.15, 0.2) is 42.5 Å². The Morgan fingerprint density at radius 3 is 2.46 bits per heavy atom. The summed E-state index contributed by atoms with van der Waals surface area (Å²) in [6.07, 6.45) is -0.698. The topological polar surface area (TPSA) is 83.2 Å². The van der Waals surface area contributed by atoms with E-state index in [0.717, 1.165) is 22.5 Å². The summed E-state index contributed by atoms with van der Waals surface area (Å²) in [7, 11) is 0. The predicted molar refractivity (Wildman–Crippen MR) is 107 cm³/mol. The van der Waals surface area contributed by atoms with Crippen molar-refractivity contribution in [2.75, 3.05) is 10.6 Å². The minimum Gasteiger partial charge on any atom is -0.444 e. The molecule has 0 radical (unpaired) electrons. The van der Waals surface area contributed by atoms with Gasteiger partial charge in [-0.05, 0) is 63.6 Å². The number of aryl methyl sites for hydroxylation is 1. The third-order valence-electron chi connectivity index (χ3n) is 3.89. The van der Waals surface area contributed by atoms with Crippen molar-refractivity contribution >= 4 is 34.3 Å². The zero-order valence-corrected chi connectivity index (χ0v) is 16.1. The maximum absolute atomic E-state index is 13.7. The monoisotopic (exact) mass is 383 g/mol. The van der Waals surface area contributed by atoms with Crippen molar-refractivity contribution < 1.29 is 18.7 Å². The number of carbonyl (C=O) groups excluding carboxylic acids is 2. The molecule has 2 amide bonds. The molecule has 2 aromatic carbocycles. The van der Waals surface area contributed by atoms with Crippen molar-refractivity contribution in [3.8, 4) is 0 Å². The summed E-state index contributed by atoms with van der Waals surface area (Å²) in [5.41, 5.74) is 1.90. The predicted octanol–water partition coefficient (Wildman–Crippen LogP) is 5.21. The number of carbonyl (C=O) groups is 2. The number of anilines is 2. The lowest BCUT2D eigenvalue weighted by molar-refractivity contribution is 0.0635. The van der Waals surface area contributed by atoms with Crippen LogP contribution in [0.5, 0.6) is 0 Å². The number of ether oxygens (including phenoxy) is 1. The molecule has 28 heavy (non-hydrogen) atoms. The first-order chi connectivity index (χ1) is 13.1. The van der Waals surface area contributed by atoms with Crippen LogP contribution in [0.2, 0.25) is 0 Å². The minimum atomic E-state index is -0.698. The van der Waals surface area contributed by atoms with Gasteiger partial charge in [0.15, 0.2) is 0 Å². The second-order valence-electron chi connectivity index (χ2n) is 7.54. The molecule has 3 rings (SSSR count). The SMILES string of the molecule is Cc1ccc2cc(C(=O)Nc3cc(F)ccc3NC(=O)OC(C)(C)C)[nH]c2c1. The summed E-state index contributed by atoms with van der Waals surface area (Å²) in [5.74, 6) is -0.996. The van der Waals surface area contributed by atoms with Crippen molar-refractivity contribution in [3.05, 3.63) is 59.5 Å². The van der Waals surface area contributed by atoms with Crippen LogP contribution in [-0.4, -0.2) is 22.6 Å². The highest BCUT2D eigenvalue weighted by molar-refractivity contribution is 6.08. The van der Waals surface area contributed by atoms with E-state index in [0.29, 0.717) is 5.69 Å². The van der Waals surface area contributed by atoms with Gasteiger partial charge in [-0.2, -0.15) is 0 Å². The molecule has 0 bridgehead atoms. The molecule has 0 atom stereocenters. The molecule has 1 heterocycles. The van der Waals surface area contributed by atoms with Crippen molar-refractivity contribution in [2.45, 2.75) is 33.3 Å². The Morgan fingerprint density at radius 1 is 1.00 bits per heavy atom. The van der Waals surface area contributed by atoms with Gasteiger partial charge < -0.3 is 15.0 Å². The molecule has 0 unspecified atom stereocenters. The van der Waals surface area contributed by atoms with E-state index >= 15 is 0 Å². The molecule has 6 nitrogen and oxygen atoms in total. The standard InChI is InChI=1S/C21H22FN3O3/c1-12-5-6-13-10-18(23-16(13)9-12)19(26)24-17-11-14(22)7-8-15(17)25-20(27)28-21(2,3)4/h5-11,23H,1-4H3,(H,24,26)(H,25,27). The fourth-order valence-electron chi connectivity index (χ4n) is 2.70. The summed E-state index contributed by atoms with van der Waals surface area (Å²) in [5, 5.41) is 6.05. The van der Waals surface area contributed by atoms with Gasteiger partial charge in [0.25, 0.3) is 5.91 Å². The Hall–Kier alpha value is -3.35. The first kappa shape index (κ1) is 19.4. The van der Waals surface area contributed by atoms with Gasteiger partial charge >= 0.3 is 6.09 Å². The van der Waals surface area contributed by atoms with Gasteiger partial charge in [-0.1, -0.05) is 12.1 Å². The number of amides is 2. The number of hydrogen-bond donors (Lipinski definition) is 3. The Kier molecular flexibility index (Phi) is 5.09. The number of H-pyrrole nitrogens is 1. The van der Waals surface area contributed by atoms with E-state index < -0.39 is 23.4 Å². The molecule has 146 valence electrons. The molecule has 3 aromatic rings. The number of aromatic nitrogens is 1. The van der Waals surface area contributed by atoms with Crippen LogP contribution in [0, 0.1) is 12.7 Å². The second-order valence-corrected chi connectivity index (χ2v) is 7.54. The summed E-state index contributed by atoms with van der Waals surface area (Å²) >= 11 is 0. The molecule has 0 aliphatic rings. The lowest BCUT2D eigenvalue weighted by atomic mass is 10.2. The van der Waals surface area contributed by atoms with Gasteiger partial charge in [-0.25, -0.2) is 9.18 Å². The molecule has 0 saturated heterocycles. The third kappa shape index (κ3) is 4.68. The Bertz CT molecular complexity index is 1050. The van der Waals surface area contributed by atoms with Crippen LogP contribution in [0.4, 0.5) is 20.6 Å². The van der Waals surface area contributed by atoms with E-state index in [4.69, 9.17) is 4.74 Å². The van der Waals surface area contributed by atoms with Crippen molar-refractivity contribution in [3.63, 3.8) is 0 Å². The summed E-state index contributed by atoms with van der Waals surface area (Å²) in [4.78, 5) is 27.7. The molecule has 0 aliphatic carbocycles. The van der Waals surface area contributed by atoms with E-state index in [1.54, 1.807) is 26.8 Å². The van der Waals surface area contributed by atoms with Crippen LogP contribution in [0.25, 0.3) is 10.9 Å². The average Bonchev–Trinajstić information content (AvgIpc) is 2.99. The highest BCUT2D eigenvalue weighted by atomic mass is 19.1. The van der Waals surface area contributed by atoms with Gasteiger partial charge in [0.1, 0.15) is 17.1 Å². The third-order valence-corrected chi connectivity index (χ3v) is 3.89. The first-order valence-electron chi connectivity index (χ1n) is 8.81. The quantitative estimate of drug-likeness (QED) is 0.580. The van der Waals surface area contributed by atoms with E-state index in [1.807, 2.05) is 25.1 Å². The first-order valence-corrected chi connectivity index (χ1v) is 8.81. The fraction of sp³-hybridized carbons (Fsp3) is 0.238. The van der Waals surface area contributed by atoms with Crippen LogP contribution < -0.4 is 10.6 Å². The van der Waals surface area contributed by atoms with Gasteiger partial charge in [-0.15, -0.1) is 0 Å². The summed E-state index contributed by atoms with van der Waals surface area (Å²) in [6, 6.07) is 11.2. The van der Waals surface area contributed by atoms with E-state index in [-0.39, 0.29) is 11.4 Å². The Morgan fingerprint density at radius 2 is 1.75 bits per heavy atom. The lowest BCUT2D eigenvalue weighted by Gasteiger charge is -2.20. The van der Waals surface area contributed by atoms with E-state index in [2.05, 4.69) is 15.6 Å². The van der Waals surface area contributed by atoms with Crippen LogP contribution in [0.1, 0.15) is 36.8 Å². The Balaban J connectivity index is 1.83. The fourth-order valence-corrected chi connectivity index (χ4v) is 2.70. The van der Waals surface area contributed by atoms with Crippen LogP contribution >= 0.6 is 0 Å². The van der Waals surface area contributed by atoms with Crippen molar-refractivity contribution in [2.24, 2.45) is 0 Å². The molecule has 7 heteroatoms. The number of halogens is 1. The number of benzene rings is 2. The highest BCUT2D eigenvalue weighted by Crippen LogP contribution is 2.25. The van der Waals surface area contributed by atoms with E-state index in [9.17, 15) is 14.0 Å². The molecule has 3 N–H and O–H groups in total. The molecular weight excluding hydrogens is 361 g/mol. The maximum atomic E-state index is 13.7. The molecule has 0 fully saturated rings. The number of aromatic amines is 1. The normalized spacial score (nSPS) is 11.3. The summed E-state index contributed by atoms with van der Waals surface area (Å²) in [6.45, 7) is 7.16. The van der Waals surface area contributed by atoms with Gasteiger partial charge in [0.05, 0.1) is 11.4 Å². The lowest BCUT2D eigenvalue weighted by Crippen LogP contribution is -2.27. The number of rotatable bonds is 3. The smallest absolute Gasteiger partial charge is 0.412 e. The van der Waals surface area contributed by atoms with Gasteiger partial charge in [-0.3, -0.25) is 10.1 Å². The van der Waals surface area contributed by atoms with Crippen molar-refractivity contribution in [1.29, 1.82) is 0 Å². The van der Waals surface area contributed by atoms with Crippen molar-refractivity contribution in [1.82, 2.24) is 4.98 Å². The molecule has 0 aliphatic heterocycles. The largest absolute Gasteiger partial charge is 0.444 e. The molecule has 0 spiro atoms. The Labute approximate surface area is 162 Å². The zero-order chi connectivity index (χ0) is 20.5. The molecular formula is C21H22FN3O3. The number of hydrogen-bond acceptors (Lipinski definition) is 3. The van der Waals surface area contributed by atoms with Crippen LogP contribution in [-0.2, 0) is 4.74 Å². The zero-order valence-electron chi connectivity index (χ0n) is 16.1. The minimum absolute atomic E-state index is 0.130. The number of fused-ring (bicyclic) bond motifs is 1. The average molecular weight is 383 g/mol. The van der Waals surface area contributed by atoms with E-state index in [1.165, 1.54) is 12.1 Å². The number of nitrogens with one attached hydrogen (secondary N) is 3. The summed E-state index contributed by atoms with van der Waals surface area (Å²) < 4.78 is 18.9.